The molecular weight excluding hydrogens is 166 g/mol. The van der Waals surface area contributed by atoms with Crippen LogP contribution in [0.3, 0.4) is 0 Å². The van der Waals surface area contributed by atoms with E-state index in [1.165, 1.54) is 25.8 Å². The number of nitrogens with zero attached hydrogens (tertiary/aromatic N) is 1. The van der Waals surface area contributed by atoms with E-state index in [9.17, 15) is 0 Å². The molecule has 12 heavy (non-hydrogen) atoms. The van der Waals surface area contributed by atoms with E-state index in [0.29, 0.717) is 0 Å². The van der Waals surface area contributed by atoms with Crippen molar-refractivity contribution >= 4 is 12.6 Å². The fourth-order valence-corrected chi connectivity index (χ4v) is 2.03. The minimum absolute atomic E-state index is 0.842. The molecule has 0 saturated carbocycles. The summed E-state index contributed by atoms with van der Waals surface area (Å²) in [6.45, 7) is 4.69. The Morgan fingerprint density at radius 2 is 2.33 bits per heavy atom. The van der Waals surface area contributed by atoms with Crippen molar-refractivity contribution in [3.8, 4) is 0 Å². The Morgan fingerprint density at radius 3 is 3.00 bits per heavy atom. The van der Waals surface area contributed by atoms with Crippen LogP contribution in [0.15, 0.2) is 12.2 Å². The summed E-state index contributed by atoms with van der Waals surface area (Å²) in [5.41, 5.74) is 0. The Bertz CT molecular complexity index is 145. The van der Waals surface area contributed by atoms with Gasteiger partial charge in [-0.1, -0.05) is 19.1 Å². The topological polar surface area (TPSA) is 3.24 Å². The second kappa shape index (κ2) is 5.65. The number of hydrogen-bond donors (Lipinski definition) is 1. The largest absolute Gasteiger partial charge is 0.297 e. The lowest BCUT2D eigenvalue weighted by atomic mass is 10.2. The van der Waals surface area contributed by atoms with Crippen LogP contribution in [0.2, 0.25) is 0 Å². The van der Waals surface area contributed by atoms with Crippen LogP contribution in [0.5, 0.6) is 0 Å². The zero-order chi connectivity index (χ0) is 8.81. The highest BCUT2D eigenvalue weighted by molar-refractivity contribution is 7.80. The highest BCUT2D eigenvalue weighted by Gasteiger charge is 2.20. The molecule has 0 bridgehead atoms. The van der Waals surface area contributed by atoms with Gasteiger partial charge in [0.05, 0.1) is 0 Å². The first-order valence-electron chi connectivity index (χ1n) is 4.88. The van der Waals surface area contributed by atoms with E-state index in [1.54, 1.807) is 0 Å². The molecule has 0 amide bonds. The predicted molar refractivity (Wildman–Crippen MR) is 57.9 cm³/mol. The Hall–Kier alpha value is 0.0500. The monoisotopic (exact) mass is 185 g/mol. The third kappa shape index (κ3) is 2.83. The second-order valence-electron chi connectivity index (χ2n) is 3.35. The van der Waals surface area contributed by atoms with Crippen molar-refractivity contribution in [1.82, 2.24) is 4.90 Å². The lowest BCUT2D eigenvalue weighted by molar-refractivity contribution is 0.274. The summed E-state index contributed by atoms with van der Waals surface area (Å²) < 4.78 is 0. The maximum Gasteiger partial charge on any atom is 0.0166 e. The Kier molecular flexibility index (Phi) is 4.77. The van der Waals surface area contributed by atoms with Crippen molar-refractivity contribution in [3.63, 3.8) is 0 Å². The van der Waals surface area contributed by atoms with Gasteiger partial charge in [-0.05, 0) is 25.8 Å². The average molecular weight is 185 g/mol. The predicted octanol–water partition coefficient (Wildman–Crippen LogP) is 2.35. The van der Waals surface area contributed by atoms with Gasteiger partial charge in [0.25, 0.3) is 0 Å². The van der Waals surface area contributed by atoms with Crippen molar-refractivity contribution in [2.45, 2.75) is 32.2 Å². The summed E-state index contributed by atoms with van der Waals surface area (Å²) in [7, 11) is 0. The van der Waals surface area contributed by atoms with E-state index in [-0.39, 0.29) is 0 Å². The van der Waals surface area contributed by atoms with Gasteiger partial charge in [-0.2, -0.15) is 12.6 Å². The molecule has 1 aliphatic rings. The van der Waals surface area contributed by atoms with Gasteiger partial charge in [0.2, 0.25) is 0 Å². The van der Waals surface area contributed by atoms with Crippen molar-refractivity contribution in [2.24, 2.45) is 0 Å². The van der Waals surface area contributed by atoms with Crippen molar-refractivity contribution in [2.75, 3.05) is 18.8 Å². The van der Waals surface area contributed by atoms with Crippen molar-refractivity contribution < 1.29 is 0 Å². The Morgan fingerprint density at radius 1 is 1.50 bits per heavy atom. The van der Waals surface area contributed by atoms with Gasteiger partial charge in [0, 0.05) is 18.3 Å². The van der Waals surface area contributed by atoms with E-state index in [1.807, 2.05) is 0 Å². The molecule has 2 heteroatoms. The Labute approximate surface area is 81.2 Å². The molecule has 0 aliphatic carbocycles. The molecule has 1 nitrogen and oxygen atoms in total. The minimum Gasteiger partial charge on any atom is -0.297 e. The zero-order valence-electron chi connectivity index (χ0n) is 7.87. The first kappa shape index (κ1) is 10.1. The van der Waals surface area contributed by atoms with E-state index < -0.39 is 0 Å². The summed E-state index contributed by atoms with van der Waals surface area (Å²) in [5.74, 6) is 0.866. The molecule has 1 fully saturated rings. The van der Waals surface area contributed by atoms with Crippen molar-refractivity contribution in [1.29, 1.82) is 0 Å². The lowest BCUT2D eigenvalue weighted by Crippen LogP contribution is -2.28. The molecular formula is C10H19NS. The fraction of sp³-hybridized carbons (Fsp3) is 0.800. The standard InChI is InChI=1S/C10H19NS/c1-2-10-6-5-8-11(10)7-3-4-9-12/h3-4,10,12H,2,5-9H2,1H3. The molecule has 0 aromatic rings. The van der Waals surface area contributed by atoms with Gasteiger partial charge in [-0.3, -0.25) is 4.90 Å². The minimum atomic E-state index is 0.842. The number of likely N-dealkylation sites (tertiary alicyclic amines) is 1. The first-order valence-corrected chi connectivity index (χ1v) is 5.51. The SMILES string of the molecule is CCC1CCCN1CC=CCS. The van der Waals surface area contributed by atoms with Crippen LogP contribution in [0, 0.1) is 0 Å². The second-order valence-corrected chi connectivity index (χ2v) is 3.72. The molecule has 1 atom stereocenters. The summed E-state index contributed by atoms with van der Waals surface area (Å²) in [5, 5.41) is 0. The molecule has 0 radical (unpaired) electrons. The van der Waals surface area contributed by atoms with Crippen LogP contribution >= 0.6 is 12.6 Å². The molecule has 0 aromatic carbocycles. The van der Waals surface area contributed by atoms with Crippen LogP contribution < -0.4 is 0 Å². The van der Waals surface area contributed by atoms with Crippen LogP contribution in [0.4, 0.5) is 0 Å². The first-order chi connectivity index (χ1) is 5.88. The molecule has 0 spiro atoms. The molecule has 0 aromatic heterocycles. The molecule has 0 N–H and O–H groups in total. The molecule has 1 aliphatic heterocycles. The number of thiol groups is 1. The molecule has 70 valence electrons. The summed E-state index contributed by atoms with van der Waals surface area (Å²) >= 11 is 4.14. The normalized spacial score (nSPS) is 25.7. The molecule has 1 unspecified atom stereocenters. The van der Waals surface area contributed by atoms with Gasteiger partial charge < -0.3 is 0 Å². The van der Waals surface area contributed by atoms with Gasteiger partial charge in [-0.15, -0.1) is 0 Å². The summed E-state index contributed by atoms with van der Waals surface area (Å²) in [6, 6.07) is 0.842. The number of rotatable bonds is 4. The molecule has 1 saturated heterocycles. The highest BCUT2D eigenvalue weighted by atomic mass is 32.1. The summed E-state index contributed by atoms with van der Waals surface area (Å²) in [6.07, 6.45) is 8.45. The van der Waals surface area contributed by atoms with Crippen LogP contribution in [0.25, 0.3) is 0 Å². The van der Waals surface area contributed by atoms with Gasteiger partial charge >= 0.3 is 0 Å². The van der Waals surface area contributed by atoms with Gasteiger partial charge in [0.1, 0.15) is 0 Å². The van der Waals surface area contributed by atoms with Crippen LogP contribution in [-0.4, -0.2) is 29.8 Å². The van der Waals surface area contributed by atoms with Gasteiger partial charge in [-0.25, -0.2) is 0 Å². The molecule has 1 heterocycles. The van der Waals surface area contributed by atoms with Crippen LogP contribution in [-0.2, 0) is 0 Å². The zero-order valence-corrected chi connectivity index (χ0v) is 8.76. The fourth-order valence-electron chi connectivity index (χ4n) is 1.88. The molecule has 1 rings (SSSR count). The van der Waals surface area contributed by atoms with Crippen molar-refractivity contribution in [3.05, 3.63) is 12.2 Å². The quantitative estimate of drug-likeness (QED) is 0.520. The van der Waals surface area contributed by atoms with Crippen LogP contribution in [0.1, 0.15) is 26.2 Å². The Balaban J connectivity index is 2.25. The third-order valence-corrected chi connectivity index (χ3v) is 2.79. The van der Waals surface area contributed by atoms with E-state index in [2.05, 4.69) is 36.6 Å². The maximum absolute atomic E-state index is 4.14. The van der Waals surface area contributed by atoms with E-state index in [0.717, 1.165) is 18.3 Å². The smallest absolute Gasteiger partial charge is 0.0166 e. The van der Waals surface area contributed by atoms with Gasteiger partial charge in [0.15, 0.2) is 0 Å². The average Bonchev–Trinajstić information content (AvgIpc) is 2.52. The summed E-state index contributed by atoms with van der Waals surface area (Å²) in [4.78, 5) is 2.57. The highest BCUT2D eigenvalue weighted by Crippen LogP contribution is 2.18. The lowest BCUT2D eigenvalue weighted by Gasteiger charge is -2.21. The third-order valence-electron chi connectivity index (χ3n) is 2.58. The van der Waals surface area contributed by atoms with E-state index in [4.69, 9.17) is 0 Å². The number of hydrogen-bond acceptors (Lipinski definition) is 2. The maximum atomic E-state index is 4.14. The van der Waals surface area contributed by atoms with E-state index >= 15 is 0 Å².